The van der Waals surface area contributed by atoms with Gasteiger partial charge in [0.15, 0.2) is 0 Å². The molecule has 6 atom stereocenters. The van der Waals surface area contributed by atoms with Crippen molar-refractivity contribution in [1.82, 2.24) is 0 Å². The first kappa shape index (κ1) is 23.3. The second kappa shape index (κ2) is 7.96. The molecule has 0 bridgehead atoms. The summed E-state index contributed by atoms with van der Waals surface area (Å²) in [5.41, 5.74) is -0.124. The van der Waals surface area contributed by atoms with Crippen LogP contribution in [0.1, 0.15) is 92.9 Å². The predicted octanol–water partition coefficient (Wildman–Crippen LogP) is 5.52. The normalized spacial score (nSPS) is 44.0. The Morgan fingerprint density at radius 2 is 1.73 bits per heavy atom. The average Bonchev–Trinajstić information content (AvgIpc) is 2.63. The van der Waals surface area contributed by atoms with E-state index in [4.69, 9.17) is 9.47 Å². The summed E-state index contributed by atoms with van der Waals surface area (Å²) in [6.07, 6.45) is 8.98. The van der Waals surface area contributed by atoms with Crippen molar-refractivity contribution in [2.24, 2.45) is 22.7 Å². The Labute approximate surface area is 181 Å². The van der Waals surface area contributed by atoms with Crippen LogP contribution in [0.15, 0.2) is 11.6 Å². The zero-order valence-corrected chi connectivity index (χ0v) is 19.7. The topological polar surface area (TPSA) is 72.8 Å². The van der Waals surface area contributed by atoms with Gasteiger partial charge in [0, 0.05) is 11.0 Å². The largest absolute Gasteiger partial charge is 0.481 e. The second-order valence-electron chi connectivity index (χ2n) is 11.2. The first-order valence-electron chi connectivity index (χ1n) is 11.6. The highest BCUT2D eigenvalue weighted by molar-refractivity contribution is 5.87. The maximum atomic E-state index is 12.3. The number of carbonyl (C=O) groups excluding carboxylic acids is 1. The van der Waals surface area contributed by atoms with Crippen molar-refractivity contribution in [3.8, 4) is 0 Å². The fourth-order valence-corrected chi connectivity index (χ4v) is 7.32. The minimum atomic E-state index is -0.789. The van der Waals surface area contributed by atoms with Crippen LogP contribution in [0, 0.1) is 22.7 Å². The van der Waals surface area contributed by atoms with Crippen LogP contribution in [-0.4, -0.2) is 34.9 Å². The predicted molar refractivity (Wildman–Crippen MR) is 116 cm³/mol. The van der Waals surface area contributed by atoms with Gasteiger partial charge >= 0.3 is 11.9 Å². The van der Waals surface area contributed by atoms with Gasteiger partial charge in [-0.2, -0.15) is 0 Å². The molecule has 0 unspecified atom stereocenters. The molecule has 2 saturated carbocycles. The summed E-state index contributed by atoms with van der Waals surface area (Å²) in [5, 5.41) is 9.35. The summed E-state index contributed by atoms with van der Waals surface area (Å²) in [5.74, 6) is -0.124. The average molecular weight is 421 g/mol. The first-order chi connectivity index (χ1) is 13.9. The summed E-state index contributed by atoms with van der Waals surface area (Å²) in [7, 11) is 0. The third-order valence-corrected chi connectivity index (χ3v) is 8.82. The zero-order valence-electron chi connectivity index (χ0n) is 19.7. The summed E-state index contributed by atoms with van der Waals surface area (Å²) < 4.78 is 12.4. The summed E-state index contributed by atoms with van der Waals surface area (Å²) in [4.78, 5) is 23.7. The van der Waals surface area contributed by atoms with E-state index in [1.165, 1.54) is 0 Å². The fourth-order valence-electron chi connectivity index (χ4n) is 7.32. The minimum absolute atomic E-state index is 0.0280. The van der Waals surface area contributed by atoms with Gasteiger partial charge in [-0.05, 0) is 83.5 Å². The van der Waals surface area contributed by atoms with Gasteiger partial charge in [0.05, 0.1) is 24.2 Å². The molecule has 1 heterocycles. The number of hydrogen-bond acceptors (Lipinski definition) is 4. The van der Waals surface area contributed by atoms with E-state index in [1.807, 2.05) is 13.8 Å². The van der Waals surface area contributed by atoms with E-state index in [2.05, 4.69) is 20.8 Å². The quantitative estimate of drug-likeness (QED) is 0.468. The molecule has 5 nitrogen and oxygen atoms in total. The van der Waals surface area contributed by atoms with Crippen molar-refractivity contribution in [2.45, 2.75) is 104 Å². The smallest absolute Gasteiger partial charge is 0.333 e. The van der Waals surface area contributed by atoms with Gasteiger partial charge in [0.1, 0.15) is 0 Å². The van der Waals surface area contributed by atoms with Crippen LogP contribution in [0.5, 0.6) is 0 Å². The summed E-state index contributed by atoms with van der Waals surface area (Å²) >= 11 is 0. The van der Waals surface area contributed by atoms with Crippen LogP contribution < -0.4 is 0 Å². The van der Waals surface area contributed by atoms with Gasteiger partial charge in [-0.3, -0.25) is 4.79 Å². The lowest BCUT2D eigenvalue weighted by molar-refractivity contribution is -0.269. The van der Waals surface area contributed by atoms with Crippen LogP contribution >= 0.6 is 0 Å². The molecule has 2 aliphatic carbocycles. The molecule has 1 saturated heterocycles. The van der Waals surface area contributed by atoms with E-state index in [-0.39, 0.29) is 28.8 Å². The number of aliphatic carboxylic acids is 1. The Hall–Kier alpha value is -1.36. The molecule has 3 rings (SSSR count). The molecule has 0 amide bonds. The van der Waals surface area contributed by atoms with Gasteiger partial charge in [-0.15, -0.1) is 0 Å². The van der Waals surface area contributed by atoms with Gasteiger partial charge < -0.3 is 14.6 Å². The molecule has 0 aromatic heterocycles. The van der Waals surface area contributed by atoms with E-state index >= 15 is 0 Å². The number of carboxylic acid groups (broad SMARTS) is 1. The lowest BCUT2D eigenvalue weighted by atomic mass is 9.44. The Morgan fingerprint density at radius 3 is 2.37 bits per heavy atom. The molecule has 0 aromatic rings. The summed E-state index contributed by atoms with van der Waals surface area (Å²) in [6, 6.07) is 0. The highest BCUT2D eigenvalue weighted by atomic mass is 16.5. The number of hydrogen-bond donors (Lipinski definition) is 1. The molecular weight excluding hydrogens is 380 g/mol. The standard InChI is InChI=1S/C25H40O5/c1-7-17(2)21(28)29-16-22(3)11-8-12-24(5)18(22)10-14-25(6)19(24)9-13-23(4,30-25)15-20(26)27/h7,18-19H,8-16H2,1-6H3,(H,26,27)/b17-7+/t18-,19+,22-,23+,24-,25+/m1/s1. The van der Waals surface area contributed by atoms with E-state index < -0.39 is 11.6 Å². The third kappa shape index (κ3) is 4.06. The molecule has 0 radical (unpaired) electrons. The SMILES string of the molecule is C/C=C(\C)C(=O)OC[C@@]1(C)CCC[C@]2(C)[C@@H]1CC[C@]1(C)O[C@](C)(CC(=O)O)CC[C@@H]21. The van der Waals surface area contributed by atoms with Crippen molar-refractivity contribution in [1.29, 1.82) is 0 Å². The van der Waals surface area contributed by atoms with E-state index in [0.29, 0.717) is 24.0 Å². The molecule has 1 N–H and O–H groups in total. The number of esters is 1. The Kier molecular flexibility index (Phi) is 6.18. The molecule has 3 fully saturated rings. The lowest BCUT2D eigenvalue weighted by Crippen LogP contribution is -2.63. The summed E-state index contributed by atoms with van der Waals surface area (Å²) in [6.45, 7) is 13.0. The van der Waals surface area contributed by atoms with E-state index in [0.717, 1.165) is 44.9 Å². The van der Waals surface area contributed by atoms with Gasteiger partial charge in [-0.25, -0.2) is 4.79 Å². The fraction of sp³-hybridized carbons (Fsp3) is 0.840. The maximum absolute atomic E-state index is 12.3. The van der Waals surface area contributed by atoms with Crippen molar-refractivity contribution in [3.05, 3.63) is 11.6 Å². The van der Waals surface area contributed by atoms with Gasteiger partial charge in [0.2, 0.25) is 0 Å². The van der Waals surface area contributed by atoms with Crippen molar-refractivity contribution >= 4 is 11.9 Å². The van der Waals surface area contributed by atoms with E-state index in [9.17, 15) is 14.7 Å². The highest BCUT2D eigenvalue weighted by Gasteiger charge is 2.62. The Morgan fingerprint density at radius 1 is 1.07 bits per heavy atom. The van der Waals surface area contributed by atoms with Crippen LogP contribution in [0.3, 0.4) is 0 Å². The van der Waals surface area contributed by atoms with Crippen LogP contribution in [0.4, 0.5) is 0 Å². The van der Waals surface area contributed by atoms with Crippen molar-refractivity contribution < 1.29 is 24.2 Å². The molecule has 5 heteroatoms. The zero-order chi connectivity index (χ0) is 22.4. The Balaban J connectivity index is 1.81. The van der Waals surface area contributed by atoms with Crippen LogP contribution in [-0.2, 0) is 19.1 Å². The number of ether oxygens (including phenoxy) is 2. The number of fused-ring (bicyclic) bond motifs is 3. The molecule has 30 heavy (non-hydrogen) atoms. The lowest BCUT2D eigenvalue weighted by Gasteiger charge is -2.65. The number of allylic oxidation sites excluding steroid dienone is 1. The number of carbonyl (C=O) groups is 2. The molecule has 0 spiro atoms. The molecule has 0 aromatic carbocycles. The van der Waals surface area contributed by atoms with E-state index in [1.54, 1.807) is 13.0 Å². The number of carboxylic acids is 1. The maximum Gasteiger partial charge on any atom is 0.333 e. The van der Waals surface area contributed by atoms with Crippen LogP contribution in [0.25, 0.3) is 0 Å². The van der Waals surface area contributed by atoms with Crippen molar-refractivity contribution in [2.75, 3.05) is 6.61 Å². The molecule has 3 aliphatic rings. The second-order valence-corrected chi connectivity index (χ2v) is 11.2. The van der Waals surface area contributed by atoms with Crippen LogP contribution in [0.2, 0.25) is 0 Å². The third-order valence-electron chi connectivity index (χ3n) is 8.82. The molecular formula is C25H40O5. The minimum Gasteiger partial charge on any atom is -0.481 e. The number of rotatable bonds is 5. The molecule has 1 aliphatic heterocycles. The van der Waals surface area contributed by atoms with Gasteiger partial charge in [0.25, 0.3) is 0 Å². The highest BCUT2D eigenvalue weighted by Crippen LogP contribution is 2.65. The van der Waals surface area contributed by atoms with Gasteiger partial charge in [-0.1, -0.05) is 26.3 Å². The monoisotopic (exact) mass is 420 g/mol. The molecule has 170 valence electrons. The Bertz CT molecular complexity index is 729. The van der Waals surface area contributed by atoms with Crippen molar-refractivity contribution in [3.63, 3.8) is 0 Å². The first-order valence-corrected chi connectivity index (χ1v) is 11.6.